The Labute approximate surface area is 150 Å². The zero-order valence-corrected chi connectivity index (χ0v) is 15.0. The third-order valence-corrected chi connectivity index (χ3v) is 5.53. The standard InChI is InChI=1S/C17H23N5O2S/c1-11(16(18)23)22-9-14(20-21-22)15(12-5-3-2-4-6-12)19-17(24)13-7-8-25-10-13/h7-12,15H,2-6H2,1H3,(H2,18,23)(H,19,24). The van der Waals surface area contributed by atoms with Gasteiger partial charge in [-0.15, -0.1) is 5.10 Å². The fraction of sp³-hybridized carbons (Fsp3) is 0.529. The third-order valence-electron chi connectivity index (χ3n) is 4.85. The molecule has 0 bridgehead atoms. The maximum Gasteiger partial charge on any atom is 0.252 e. The lowest BCUT2D eigenvalue weighted by atomic mass is 9.82. The number of carbonyl (C=O) groups is 2. The molecule has 2 aromatic rings. The highest BCUT2D eigenvalue weighted by Gasteiger charge is 2.30. The van der Waals surface area contributed by atoms with Crippen LogP contribution in [0.2, 0.25) is 0 Å². The molecule has 3 N–H and O–H groups in total. The summed E-state index contributed by atoms with van der Waals surface area (Å²) >= 11 is 1.49. The lowest BCUT2D eigenvalue weighted by molar-refractivity contribution is -0.120. The van der Waals surface area contributed by atoms with Gasteiger partial charge in [0.25, 0.3) is 5.91 Å². The minimum atomic E-state index is -0.569. The fourth-order valence-electron chi connectivity index (χ4n) is 3.27. The Morgan fingerprint density at radius 3 is 2.76 bits per heavy atom. The first-order valence-corrected chi connectivity index (χ1v) is 9.54. The van der Waals surface area contributed by atoms with Crippen LogP contribution in [0.1, 0.15) is 67.2 Å². The number of nitrogens with one attached hydrogen (secondary N) is 1. The fourth-order valence-corrected chi connectivity index (χ4v) is 3.91. The second-order valence-electron chi connectivity index (χ2n) is 6.56. The molecular formula is C17H23N5O2S. The number of aromatic nitrogens is 3. The molecule has 25 heavy (non-hydrogen) atoms. The summed E-state index contributed by atoms with van der Waals surface area (Å²) in [5.41, 5.74) is 6.69. The highest BCUT2D eigenvalue weighted by atomic mass is 32.1. The van der Waals surface area contributed by atoms with Crippen LogP contribution in [0.4, 0.5) is 0 Å². The summed E-state index contributed by atoms with van der Waals surface area (Å²) in [6.07, 6.45) is 7.36. The molecule has 1 aliphatic rings. The van der Waals surface area contributed by atoms with Gasteiger partial charge in [-0.05, 0) is 37.1 Å². The van der Waals surface area contributed by atoms with E-state index in [2.05, 4.69) is 15.6 Å². The molecule has 1 saturated carbocycles. The summed E-state index contributed by atoms with van der Waals surface area (Å²) in [4.78, 5) is 23.9. The SMILES string of the molecule is CC(C(N)=O)n1cc(C(NC(=O)c2ccsc2)C2CCCCC2)nn1. The van der Waals surface area contributed by atoms with Crippen molar-refractivity contribution < 1.29 is 9.59 Å². The summed E-state index contributed by atoms with van der Waals surface area (Å²) in [6, 6.07) is 1.03. The monoisotopic (exact) mass is 361 g/mol. The van der Waals surface area contributed by atoms with Crippen LogP contribution in [0, 0.1) is 5.92 Å². The van der Waals surface area contributed by atoms with Crippen molar-refractivity contribution in [3.8, 4) is 0 Å². The number of nitrogens with zero attached hydrogens (tertiary/aromatic N) is 3. The molecule has 2 heterocycles. The lowest BCUT2D eigenvalue weighted by Crippen LogP contribution is -2.34. The number of primary amides is 1. The molecule has 0 saturated heterocycles. The number of thiophene rings is 1. The maximum absolute atomic E-state index is 12.5. The van der Waals surface area contributed by atoms with Gasteiger partial charge in [0, 0.05) is 5.38 Å². The lowest BCUT2D eigenvalue weighted by Gasteiger charge is -2.29. The second-order valence-corrected chi connectivity index (χ2v) is 7.34. The van der Waals surface area contributed by atoms with Crippen LogP contribution < -0.4 is 11.1 Å². The number of hydrogen-bond acceptors (Lipinski definition) is 5. The van der Waals surface area contributed by atoms with E-state index < -0.39 is 11.9 Å². The molecule has 2 atom stereocenters. The molecule has 3 rings (SSSR count). The number of carbonyl (C=O) groups excluding carboxylic acids is 2. The van der Waals surface area contributed by atoms with E-state index in [1.165, 1.54) is 22.4 Å². The Balaban J connectivity index is 1.83. The van der Waals surface area contributed by atoms with Crippen LogP contribution in [0.15, 0.2) is 23.0 Å². The summed E-state index contributed by atoms with van der Waals surface area (Å²) in [5, 5.41) is 15.1. The van der Waals surface area contributed by atoms with Crippen LogP contribution >= 0.6 is 11.3 Å². The molecule has 1 fully saturated rings. The predicted octanol–water partition coefficient (Wildman–Crippen LogP) is 2.44. The average Bonchev–Trinajstić information content (AvgIpc) is 3.31. The normalized spacial score (nSPS) is 17.8. The quantitative estimate of drug-likeness (QED) is 0.825. The first-order valence-electron chi connectivity index (χ1n) is 8.60. The smallest absolute Gasteiger partial charge is 0.252 e. The highest BCUT2D eigenvalue weighted by molar-refractivity contribution is 7.08. The van der Waals surface area contributed by atoms with Gasteiger partial charge in [0.2, 0.25) is 5.91 Å². The molecule has 2 aromatic heterocycles. The number of rotatable bonds is 6. The number of hydrogen-bond donors (Lipinski definition) is 2. The van der Waals surface area contributed by atoms with E-state index in [4.69, 9.17) is 5.73 Å². The van der Waals surface area contributed by atoms with E-state index in [9.17, 15) is 9.59 Å². The van der Waals surface area contributed by atoms with Crippen LogP contribution in [-0.2, 0) is 4.79 Å². The zero-order valence-electron chi connectivity index (χ0n) is 14.2. The van der Waals surface area contributed by atoms with E-state index in [0.29, 0.717) is 17.2 Å². The summed E-state index contributed by atoms with van der Waals surface area (Å²) in [6.45, 7) is 1.68. The van der Waals surface area contributed by atoms with Crippen molar-refractivity contribution in [2.45, 2.75) is 51.1 Å². The summed E-state index contributed by atoms with van der Waals surface area (Å²) in [7, 11) is 0. The van der Waals surface area contributed by atoms with Crippen molar-refractivity contribution in [2.75, 3.05) is 0 Å². The molecule has 0 radical (unpaired) electrons. The van der Waals surface area contributed by atoms with Crippen LogP contribution in [0.25, 0.3) is 0 Å². The molecule has 7 nitrogen and oxygen atoms in total. The number of amides is 2. The van der Waals surface area contributed by atoms with Crippen LogP contribution in [-0.4, -0.2) is 26.8 Å². The van der Waals surface area contributed by atoms with Crippen molar-refractivity contribution in [3.63, 3.8) is 0 Å². The van der Waals surface area contributed by atoms with E-state index in [1.807, 2.05) is 16.8 Å². The Bertz CT molecular complexity index is 721. The first kappa shape index (κ1) is 17.6. The minimum absolute atomic E-state index is 0.102. The van der Waals surface area contributed by atoms with Gasteiger partial charge in [-0.25, -0.2) is 4.68 Å². The highest BCUT2D eigenvalue weighted by Crippen LogP contribution is 2.34. The molecule has 2 unspecified atom stereocenters. The van der Waals surface area contributed by atoms with E-state index >= 15 is 0 Å². The van der Waals surface area contributed by atoms with Gasteiger partial charge in [0.15, 0.2) is 0 Å². The molecular weight excluding hydrogens is 338 g/mol. The van der Waals surface area contributed by atoms with Crippen LogP contribution in [0.5, 0.6) is 0 Å². The third kappa shape index (κ3) is 4.07. The van der Waals surface area contributed by atoms with Gasteiger partial charge >= 0.3 is 0 Å². The summed E-state index contributed by atoms with van der Waals surface area (Å²) < 4.78 is 1.46. The van der Waals surface area contributed by atoms with Crippen molar-refractivity contribution in [3.05, 3.63) is 34.3 Å². The van der Waals surface area contributed by atoms with Crippen LogP contribution in [0.3, 0.4) is 0 Å². The van der Waals surface area contributed by atoms with Crippen molar-refractivity contribution in [1.29, 1.82) is 0 Å². The molecule has 0 spiro atoms. The average molecular weight is 361 g/mol. The molecule has 1 aliphatic carbocycles. The Morgan fingerprint density at radius 2 is 2.12 bits per heavy atom. The molecule has 0 aliphatic heterocycles. The van der Waals surface area contributed by atoms with Crippen molar-refractivity contribution >= 4 is 23.2 Å². The minimum Gasteiger partial charge on any atom is -0.368 e. The predicted molar refractivity (Wildman–Crippen MR) is 95.0 cm³/mol. The number of nitrogens with two attached hydrogens (primary N) is 1. The topological polar surface area (TPSA) is 103 Å². The van der Waals surface area contributed by atoms with Crippen molar-refractivity contribution in [1.82, 2.24) is 20.3 Å². The zero-order chi connectivity index (χ0) is 17.8. The van der Waals surface area contributed by atoms with E-state index in [1.54, 1.807) is 13.1 Å². The van der Waals surface area contributed by atoms with Gasteiger partial charge in [0.05, 0.1) is 17.8 Å². The Morgan fingerprint density at radius 1 is 1.36 bits per heavy atom. The van der Waals surface area contributed by atoms with Gasteiger partial charge < -0.3 is 11.1 Å². The van der Waals surface area contributed by atoms with E-state index in [-0.39, 0.29) is 11.9 Å². The maximum atomic E-state index is 12.5. The van der Waals surface area contributed by atoms with Gasteiger partial charge in [-0.2, -0.15) is 11.3 Å². The Kier molecular flexibility index (Phi) is 5.47. The molecule has 8 heteroatoms. The van der Waals surface area contributed by atoms with E-state index in [0.717, 1.165) is 25.7 Å². The molecule has 0 aromatic carbocycles. The van der Waals surface area contributed by atoms with Gasteiger partial charge in [-0.1, -0.05) is 24.5 Å². The second kappa shape index (κ2) is 7.77. The van der Waals surface area contributed by atoms with Gasteiger partial charge in [-0.3, -0.25) is 9.59 Å². The van der Waals surface area contributed by atoms with Gasteiger partial charge in [0.1, 0.15) is 11.7 Å². The first-order chi connectivity index (χ1) is 12.1. The summed E-state index contributed by atoms with van der Waals surface area (Å²) in [5.74, 6) is -0.243. The largest absolute Gasteiger partial charge is 0.368 e. The Hall–Kier alpha value is -2.22. The molecule has 2 amide bonds. The van der Waals surface area contributed by atoms with Crippen molar-refractivity contribution in [2.24, 2.45) is 11.7 Å². The molecule has 134 valence electrons.